The number of nitrogens with one attached hydrogen (secondary N) is 1. The third-order valence-corrected chi connectivity index (χ3v) is 5.37. The van der Waals surface area contributed by atoms with Gasteiger partial charge in [-0.25, -0.2) is 0 Å². The molecule has 134 valence electrons. The number of carbonyl (C=O) groups excluding carboxylic acids is 1. The predicted octanol–water partition coefficient (Wildman–Crippen LogP) is 4.07. The number of piperidine rings is 1. The Kier molecular flexibility index (Phi) is 6.33. The van der Waals surface area contributed by atoms with E-state index in [1.165, 1.54) is 24.0 Å². The van der Waals surface area contributed by atoms with Crippen molar-refractivity contribution in [1.29, 1.82) is 0 Å². The van der Waals surface area contributed by atoms with Crippen LogP contribution in [0.25, 0.3) is 0 Å². The molecule has 2 aliphatic rings. The second kappa shape index (κ2) is 7.88. The molecule has 1 aromatic rings. The number of benzene rings is 1. The van der Waals surface area contributed by atoms with Crippen molar-refractivity contribution in [2.24, 2.45) is 5.92 Å². The summed E-state index contributed by atoms with van der Waals surface area (Å²) in [5, 5.41) is 3.39. The minimum absolute atomic E-state index is 0. The van der Waals surface area contributed by atoms with E-state index in [9.17, 15) is 4.79 Å². The molecule has 24 heavy (non-hydrogen) atoms. The Hall–Kier alpha value is -1.06. The minimum Gasteiger partial charge on any atom is -0.317 e. The number of amides is 1. The zero-order chi connectivity index (χ0) is 16.4. The number of rotatable bonds is 3. The van der Waals surface area contributed by atoms with Gasteiger partial charge in [-0.2, -0.15) is 0 Å². The van der Waals surface area contributed by atoms with Gasteiger partial charge in [-0.1, -0.05) is 32.9 Å². The van der Waals surface area contributed by atoms with Gasteiger partial charge in [0.2, 0.25) is 5.91 Å². The molecule has 0 atom stereocenters. The van der Waals surface area contributed by atoms with Gasteiger partial charge in [0.1, 0.15) is 0 Å². The Labute approximate surface area is 152 Å². The Balaban J connectivity index is 0.00000208. The van der Waals surface area contributed by atoms with Gasteiger partial charge < -0.3 is 10.2 Å². The number of carbonyl (C=O) groups is 1. The Bertz CT molecular complexity index is 573. The van der Waals surface area contributed by atoms with E-state index >= 15 is 0 Å². The maximum atomic E-state index is 12.6. The van der Waals surface area contributed by atoms with Gasteiger partial charge in [-0.15, -0.1) is 12.4 Å². The number of nitrogens with zero attached hydrogens (tertiary/aromatic N) is 1. The zero-order valence-electron chi connectivity index (χ0n) is 15.2. The Morgan fingerprint density at radius 3 is 2.62 bits per heavy atom. The lowest BCUT2D eigenvalue weighted by Gasteiger charge is -2.24. The second-order valence-electron chi connectivity index (χ2n) is 8.12. The van der Waals surface area contributed by atoms with Crippen molar-refractivity contribution >= 4 is 24.0 Å². The molecule has 1 amide bonds. The molecule has 4 heteroatoms. The number of anilines is 1. The summed E-state index contributed by atoms with van der Waals surface area (Å²) in [6.07, 6.45) is 5.19. The molecule has 0 spiro atoms. The van der Waals surface area contributed by atoms with Gasteiger partial charge in [0.05, 0.1) is 0 Å². The molecule has 0 saturated carbocycles. The number of hydrogen-bond donors (Lipinski definition) is 1. The zero-order valence-corrected chi connectivity index (χ0v) is 16.0. The molecule has 1 saturated heterocycles. The first-order valence-electron chi connectivity index (χ1n) is 9.09. The molecule has 0 aliphatic carbocycles. The van der Waals surface area contributed by atoms with Crippen molar-refractivity contribution in [2.75, 3.05) is 24.5 Å². The Morgan fingerprint density at radius 1 is 1.25 bits per heavy atom. The van der Waals surface area contributed by atoms with Crippen LogP contribution in [0.5, 0.6) is 0 Å². The lowest BCUT2D eigenvalue weighted by atomic mass is 9.86. The molecule has 0 unspecified atom stereocenters. The van der Waals surface area contributed by atoms with Crippen LogP contribution in [-0.2, 0) is 16.6 Å². The highest BCUT2D eigenvalue weighted by Gasteiger charge is 2.26. The first-order chi connectivity index (χ1) is 10.9. The van der Waals surface area contributed by atoms with E-state index in [1.54, 1.807) is 0 Å². The van der Waals surface area contributed by atoms with Crippen molar-refractivity contribution in [3.05, 3.63) is 29.3 Å². The van der Waals surface area contributed by atoms with Crippen LogP contribution < -0.4 is 10.2 Å². The fourth-order valence-corrected chi connectivity index (χ4v) is 3.76. The number of fused-ring (bicyclic) bond motifs is 1. The van der Waals surface area contributed by atoms with E-state index in [2.05, 4.69) is 44.3 Å². The van der Waals surface area contributed by atoms with Crippen molar-refractivity contribution in [1.82, 2.24) is 5.32 Å². The molecule has 0 bridgehead atoms. The van der Waals surface area contributed by atoms with Gasteiger partial charge in [0.15, 0.2) is 0 Å². The topological polar surface area (TPSA) is 32.3 Å². The van der Waals surface area contributed by atoms with Gasteiger partial charge >= 0.3 is 0 Å². The first-order valence-corrected chi connectivity index (χ1v) is 9.09. The normalized spacial score (nSPS) is 18.2. The quantitative estimate of drug-likeness (QED) is 0.891. The van der Waals surface area contributed by atoms with Gasteiger partial charge in [-0.3, -0.25) is 4.79 Å². The van der Waals surface area contributed by atoms with E-state index in [0.29, 0.717) is 12.3 Å². The monoisotopic (exact) mass is 350 g/mol. The number of halogens is 1. The van der Waals surface area contributed by atoms with Crippen LogP contribution in [0.15, 0.2) is 18.2 Å². The molecule has 3 rings (SSSR count). The summed E-state index contributed by atoms with van der Waals surface area (Å²) < 4.78 is 0. The molecular weight excluding hydrogens is 320 g/mol. The minimum atomic E-state index is 0. The summed E-state index contributed by atoms with van der Waals surface area (Å²) in [6, 6.07) is 6.65. The van der Waals surface area contributed by atoms with Crippen molar-refractivity contribution in [2.45, 2.75) is 58.3 Å². The number of hydrogen-bond acceptors (Lipinski definition) is 2. The van der Waals surface area contributed by atoms with Gasteiger partial charge in [0.25, 0.3) is 0 Å². The molecule has 1 fully saturated rings. The summed E-state index contributed by atoms with van der Waals surface area (Å²) in [5.74, 6) is 1.04. The van der Waals surface area contributed by atoms with Crippen LogP contribution in [0.2, 0.25) is 0 Å². The molecule has 1 aromatic carbocycles. The van der Waals surface area contributed by atoms with Crippen LogP contribution in [0.4, 0.5) is 5.69 Å². The van der Waals surface area contributed by atoms with Crippen LogP contribution in [0.3, 0.4) is 0 Å². The lowest BCUT2D eigenvalue weighted by Crippen LogP contribution is -2.31. The van der Waals surface area contributed by atoms with Crippen molar-refractivity contribution in [3.63, 3.8) is 0 Å². The van der Waals surface area contributed by atoms with Crippen molar-refractivity contribution < 1.29 is 4.79 Å². The second-order valence-corrected chi connectivity index (χ2v) is 8.12. The fraction of sp³-hybridized carbons (Fsp3) is 0.650. The molecule has 2 heterocycles. The first kappa shape index (κ1) is 19.3. The SMILES string of the molecule is CC(C)(C)c1ccc2c(c1)CCN2C(=O)CCC1CCNCC1.Cl. The standard InChI is InChI=1S/C20H30N2O.ClH/c1-20(2,3)17-5-6-18-16(14-17)10-13-22(18)19(23)7-4-15-8-11-21-12-9-15;/h5-6,14-15,21H,4,7-13H2,1-3H3;1H. The van der Waals surface area contributed by atoms with E-state index in [-0.39, 0.29) is 17.8 Å². The molecule has 0 aromatic heterocycles. The van der Waals surface area contributed by atoms with E-state index in [0.717, 1.165) is 44.1 Å². The third kappa shape index (κ3) is 4.31. The van der Waals surface area contributed by atoms with E-state index < -0.39 is 0 Å². The van der Waals surface area contributed by atoms with Crippen molar-refractivity contribution in [3.8, 4) is 0 Å². The molecule has 3 nitrogen and oxygen atoms in total. The summed E-state index contributed by atoms with van der Waals surface area (Å²) in [6.45, 7) is 9.80. The van der Waals surface area contributed by atoms with Crippen LogP contribution in [-0.4, -0.2) is 25.5 Å². The van der Waals surface area contributed by atoms with Crippen LogP contribution in [0.1, 0.15) is 57.6 Å². The molecule has 2 aliphatic heterocycles. The molecular formula is C20H31ClN2O. The summed E-state index contributed by atoms with van der Waals surface area (Å²) in [4.78, 5) is 14.7. The van der Waals surface area contributed by atoms with Gasteiger partial charge in [-0.05, 0) is 67.3 Å². The summed E-state index contributed by atoms with van der Waals surface area (Å²) in [7, 11) is 0. The highest BCUT2D eigenvalue weighted by molar-refractivity contribution is 5.95. The van der Waals surface area contributed by atoms with Crippen LogP contribution in [0, 0.1) is 5.92 Å². The highest BCUT2D eigenvalue weighted by atomic mass is 35.5. The third-order valence-electron chi connectivity index (χ3n) is 5.37. The average molecular weight is 351 g/mol. The Morgan fingerprint density at radius 2 is 1.96 bits per heavy atom. The maximum absolute atomic E-state index is 12.6. The predicted molar refractivity (Wildman–Crippen MR) is 103 cm³/mol. The maximum Gasteiger partial charge on any atom is 0.227 e. The lowest BCUT2D eigenvalue weighted by molar-refractivity contribution is -0.118. The molecule has 0 radical (unpaired) electrons. The average Bonchev–Trinajstić information content (AvgIpc) is 2.96. The molecule has 1 N–H and O–H groups in total. The fourth-order valence-electron chi connectivity index (χ4n) is 3.76. The highest BCUT2D eigenvalue weighted by Crippen LogP contribution is 2.33. The van der Waals surface area contributed by atoms with E-state index in [1.807, 2.05) is 4.90 Å². The summed E-state index contributed by atoms with van der Waals surface area (Å²) in [5.41, 5.74) is 4.02. The van der Waals surface area contributed by atoms with Gasteiger partial charge in [0, 0.05) is 18.7 Å². The summed E-state index contributed by atoms with van der Waals surface area (Å²) >= 11 is 0. The van der Waals surface area contributed by atoms with E-state index in [4.69, 9.17) is 0 Å². The smallest absolute Gasteiger partial charge is 0.227 e. The largest absolute Gasteiger partial charge is 0.317 e. The van der Waals surface area contributed by atoms with Crippen LogP contribution >= 0.6 is 12.4 Å².